The summed E-state index contributed by atoms with van der Waals surface area (Å²) in [6.45, 7) is 3.63. The van der Waals surface area contributed by atoms with Crippen molar-refractivity contribution in [1.29, 1.82) is 0 Å². The number of nitrogens with zero attached hydrogens (tertiary/aromatic N) is 1. The molecule has 1 aliphatic rings. The number of carbonyl (C=O) groups is 1. The average Bonchev–Trinajstić information content (AvgIpc) is 2.64. The molecule has 1 aliphatic heterocycles. The maximum Gasteiger partial charge on any atom is 0.253 e. The number of hydrogen-bond donors (Lipinski definition) is 0. The first-order valence-electron chi connectivity index (χ1n) is 8.62. The lowest BCUT2D eigenvalue weighted by atomic mass is 9.87. The van der Waals surface area contributed by atoms with Gasteiger partial charge in [-0.15, -0.1) is 0 Å². The van der Waals surface area contributed by atoms with Crippen LogP contribution < -0.4 is 0 Å². The monoisotopic (exact) mass is 323 g/mol. The van der Waals surface area contributed by atoms with Gasteiger partial charge in [-0.3, -0.25) is 4.79 Å². The van der Waals surface area contributed by atoms with E-state index in [4.69, 9.17) is 4.74 Å². The Hall–Kier alpha value is -2.13. The third-order valence-corrected chi connectivity index (χ3v) is 4.94. The molecule has 1 unspecified atom stereocenters. The maximum atomic E-state index is 12.6. The molecule has 126 valence electrons. The number of amides is 1. The van der Waals surface area contributed by atoms with E-state index in [0.29, 0.717) is 5.92 Å². The first kappa shape index (κ1) is 16.7. The van der Waals surface area contributed by atoms with Crippen LogP contribution in [-0.4, -0.2) is 31.0 Å². The van der Waals surface area contributed by atoms with Crippen LogP contribution in [0.2, 0.25) is 0 Å². The zero-order valence-electron chi connectivity index (χ0n) is 14.4. The summed E-state index contributed by atoms with van der Waals surface area (Å²) in [5.41, 5.74) is 3.18. The molecule has 1 atom stereocenters. The molecule has 0 aliphatic carbocycles. The van der Waals surface area contributed by atoms with Gasteiger partial charge >= 0.3 is 0 Å². The number of likely N-dealkylation sites (tertiary alicyclic amines) is 1. The van der Waals surface area contributed by atoms with Gasteiger partial charge in [0.05, 0.1) is 6.10 Å². The predicted molar refractivity (Wildman–Crippen MR) is 96.0 cm³/mol. The average molecular weight is 323 g/mol. The Balaban J connectivity index is 1.62. The Labute approximate surface area is 144 Å². The molecule has 0 radical (unpaired) electrons. The van der Waals surface area contributed by atoms with Gasteiger partial charge in [-0.25, -0.2) is 0 Å². The van der Waals surface area contributed by atoms with Gasteiger partial charge in [0.2, 0.25) is 0 Å². The molecule has 24 heavy (non-hydrogen) atoms. The highest BCUT2D eigenvalue weighted by Crippen LogP contribution is 2.33. The minimum Gasteiger partial charge on any atom is -0.376 e. The molecule has 3 nitrogen and oxygen atoms in total. The van der Waals surface area contributed by atoms with Crippen LogP contribution in [0.25, 0.3) is 0 Å². The van der Waals surface area contributed by atoms with Gasteiger partial charge in [0, 0.05) is 25.8 Å². The van der Waals surface area contributed by atoms with Crippen molar-refractivity contribution in [3.05, 3.63) is 71.3 Å². The molecule has 2 aromatic rings. The molecule has 0 saturated carbocycles. The van der Waals surface area contributed by atoms with Crippen molar-refractivity contribution in [3.8, 4) is 0 Å². The lowest BCUT2D eigenvalue weighted by Gasteiger charge is -2.35. The number of aryl methyl sites for hydroxylation is 1. The Kier molecular flexibility index (Phi) is 5.31. The number of rotatable bonds is 4. The molecule has 0 bridgehead atoms. The summed E-state index contributed by atoms with van der Waals surface area (Å²) in [6.07, 6.45) is 2.07. The van der Waals surface area contributed by atoms with Crippen LogP contribution >= 0.6 is 0 Å². The first-order chi connectivity index (χ1) is 11.7. The van der Waals surface area contributed by atoms with Crippen molar-refractivity contribution in [3.63, 3.8) is 0 Å². The lowest BCUT2D eigenvalue weighted by molar-refractivity contribution is 0.0195. The van der Waals surface area contributed by atoms with Crippen molar-refractivity contribution >= 4 is 5.91 Å². The highest BCUT2D eigenvalue weighted by molar-refractivity contribution is 5.94. The first-order valence-corrected chi connectivity index (χ1v) is 8.62. The van der Waals surface area contributed by atoms with E-state index in [2.05, 4.69) is 24.3 Å². The van der Waals surface area contributed by atoms with Gasteiger partial charge in [0.15, 0.2) is 0 Å². The van der Waals surface area contributed by atoms with Gasteiger partial charge in [-0.05, 0) is 43.4 Å². The Morgan fingerprint density at radius 2 is 1.67 bits per heavy atom. The molecule has 1 amide bonds. The fraction of sp³-hybridized carbons (Fsp3) is 0.381. The number of hydrogen-bond acceptors (Lipinski definition) is 2. The third-order valence-electron chi connectivity index (χ3n) is 4.94. The van der Waals surface area contributed by atoms with Crippen LogP contribution in [0.5, 0.6) is 0 Å². The molecule has 1 fully saturated rings. The van der Waals surface area contributed by atoms with Crippen molar-refractivity contribution in [2.45, 2.75) is 25.9 Å². The summed E-state index contributed by atoms with van der Waals surface area (Å²) in [4.78, 5) is 14.6. The molecular weight excluding hydrogens is 298 g/mol. The quantitative estimate of drug-likeness (QED) is 0.842. The summed E-state index contributed by atoms with van der Waals surface area (Å²) in [6, 6.07) is 18.2. The van der Waals surface area contributed by atoms with Crippen molar-refractivity contribution < 1.29 is 9.53 Å². The molecule has 3 rings (SSSR count). The van der Waals surface area contributed by atoms with E-state index < -0.39 is 0 Å². The van der Waals surface area contributed by atoms with E-state index in [-0.39, 0.29) is 12.0 Å². The number of benzene rings is 2. The molecule has 1 heterocycles. The van der Waals surface area contributed by atoms with Crippen molar-refractivity contribution in [1.82, 2.24) is 4.90 Å². The highest BCUT2D eigenvalue weighted by atomic mass is 16.5. The summed E-state index contributed by atoms with van der Waals surface area (Å²) in [5, 5.41) is 0. The second-order valence-corrected chi connectivity index (χ2v) is 6.56. The molecule has 1 saturated heterocycles. The van der Waals surface area contributed by atoms with E-state index in [0.717, 1.165) is 31.5 Å². The Morgan fingerprint density at radius 1 is 1.04 bits per heavy atom. The van der Waals surface area contributed by atoms with Gasteiger partial charge in [-0.2, -0.15) is 0 Å². The topological polar surface area (TPSA) is 29.5 Å². The highest BCUT2D eigenvalue weighted by Gasteiger charge is 2.29. The summed E-state index contributed by atoms with van der Waals surface area (Å²) < 4.78 is 5.77. The van der Waals surface area contributed by atoms with Gasteiger partial charge in [0.1, 0.15) is 0 Å². The molecular formula is C21H25NO2. The van der Waals surface area contributed by atoms with Crippen LogP contribution in [0.4, 0.5) is 0 Å². The van der Waals surface area contributed by atoms with Gasteiger partial charge in [-0.1, -0.05) is 48.0 Å². The van der Waals surface area contributed by atoms with Gasteiger partial charge < -0.3 is 9.64 Å². The predicted octanol–water partition coefficient (Wildman–Crippen LogP) is 4.23. The maximum absolute atomic E-state index is 12.6. The molecule has 0 aromatic heterocycles. The molecule has 0 spiro atoms. The van der Waals surface area contributed by atoms with E-state index in [9.17, 15) is 4.79 Å². The smallest absolute Gasteiger partial charge is 0.253 e. The zero-order valence-corrected chi connectivity index (χ0v) is 14.4. The number of methoxy groups -OCH3 is 1. The van der Waals surface area contributed by atoms with Crippen LogP contribution in [0.1, 0.15) is 40.4 Å². The molecule has 2 aromatic carbocycles. The summed E-state index contributed by atoms with van der Waals surface area (Å²) >= 11 is 0. The van der Waals surface area contributed by atoms with Gasteiger partial charge in [0.25, 0.3) is 5.91 Å². The van der Waals surface area contributed by atoms with Crippen LogP contribution in [-0.2, 0) is 4.74 Å². The zero-order chi connectivity index (χ0) is 16.9. The van der Waals surface area contributed by atoms with Crippen molar-refractivity contribution in [2.24, 2.45) is 5.92 Å². The van der Waals surface area contributed by atoms with Crippen molar-refractivity contribution in [2.75, 3.05) is 20.2 Å². The van der Waals surface area contributed by atoms with Crippen LogP contribution in [0.3, 0.4) is 0 Å². The fourth-order valence-corrected chi connectivity index (χ4v) is 3.53. The number of carbonyl (C=O) groups excluding carboxylic acids is 1. The summed E-state index contributed by atoms with van der Waals surface area (Å²) in [7, 11) is 1.78. The largest absolute Gasteiger partial charge is 0.376 e. The van der Waals surface area contributed by atoms with Crippen LogP contribution in [0.15, 0.2) is 54.6 Å². The van der Waals surface area contributed by atoms with E-state index in [1.807, 2.05) is 42.2 Å². The fourth-order valence-electron chi connectivity index (χ4n) is 3.53. The Morgan fingerprint density at radius 3 is 2.25 bits per heavy atom. The van der Waals surface area contributed by atoms with E-state index >= 15 is 0 Å². The van der Waals surface area contributed by atoms with Crippen LogP contribution in [0, 0.1) is 12.8 Å². The lowest BCUT2D eigenvalue weighted by Crippen LogP contribution is -2.40. The second-order valence-electron chi connectivity index (χ2n) is 6.56. The summed E-state index contributed by atoms with van der Waals surface area (Å²) in [5.74, 6) is 0.599. The SMILES string of the molecule is COC(c1ccccc1)C1CCN(C(=O)c2ccc(C)cc2)CC1. The number of ether oxygens (including phenoxy) is 1. The normalized spacial score (nSPS) is 16.8. The minimum absolute atomic E-state index is 0.114. The standard InChI is InChI=1S/C21H25NO2/c1-16-8-10-19(11-9-16)21(23)22-14-12-18(13-15-22)20(24-2)17-6-4-3-5-7-17/h3-11,18,20H,12-15H2,1-2H3. The van der Waals surface area contributed by atoms with E-state index in [1.54, 1.807) is 7.11 Å². The van der Waals surface area contributed by atoms with E-state index in [1.165, 1.54) is 11.1 Å². The minimum atomic E-state index is 0.114. The Bertz CT molecular complexity index is 658. The third kappa shape index (κ3) is 3.68. The molecule has 0 N–H and O–H groups in total. The number of piperidine rings is 1. The molecule has 3 heteroatoms. The second kappa shape index (κ2) is 7.63.